The number of aryl methyl sites for hydroxylation is 1. The van der Waals surface area contributed by atoms with Crippen LogP contribution in [0.3, 0.4) is 0 Å². The van der Waals surface area contributed by atoms with Gasteiger partial charge in [-0.05, 0) is 44.5 Å². The molecule has 4 heteroatoms. The quantitative estimate of drug-likeness (QED) is 0.856. The second-order valence-corrected chi connectivity index (χ2v) is 5.31. The SMILES string of the molecule is CCN(CC(C)C#N)C(=O)c1cc(C)cc(Br)c1. The molecule has 0 saturated heterocycles. The van der Waals surface area contributed by atoms with Crippen LogP contribution >= 0.6 is 15.9 Å². The standard InChI is InChI=1S/C14H17BrN2O/c1-4-17(9-11(3)8-16)14(18)12-5-10(2)6-13(15)7-12/h5-7,11H,4,9H2,1-3H3. The van der Waals surface area contributed by atoms with Gasteiger partial charge in [-0.2, -0.15) is 5.26 Å². The molecule has 0 N–H and O–H groups in total. The molecule has 0 aliphatic heterocycles. The van der Waals surface area contributed by atoms with Crippen LogP contribution in [0.2, 0.25) is 0 Å². The van der Waals surface area contributed by atoms with Crippen molar-refractivity contribution in [3.05, 3.63) is 33.8 Å². The number of amides is 1. The normalized spacial score (nSPS) is 11.7. The van der Waals surface area contributed by atoms with E-state index in [9.17, 15) is 4.79 Å². The van der Waals surface area contributed by atoms with Crippen molar-refractivity contribution in [3.8, 4) is 6.07 Å². The number of nitrogens with zero attached hydrogens (tertiary/aromatic N) is 2. The van der Waals surface area contributed by atoms with Crippen LogP contribution in [0.5, 0.6) is 0 Å². The summed E-state index contributed by atoms with van der Waals surface area (Å²) in [5, 5.41) is 8.82. The lowest BCUT2D eigenvalue weighted by molar-refractivity contribution is 0.0752. The number of benzene rings is 1. The summed E-state index contributed by atoms with van der Waals surface area (Å²) in [4.78, 5) is 14.0. The third-order valence-corrected chi connectivity index (χ3v) is 3.13. The number of rotatable bonds is 4. The molecule has 18 heavy (non-hydrogen) atoms. The molecule has 1 rings (SSSR count). The van der Waals surface area contributed by atoms with Crippen LogP contribution < -0.4 is 0 Å². The van der Waals surface area contributed by atoms with Crippen LogP contribution in [0.4, 0.5) is 0 Å². The highest BCUT2D eigenvalue weighted by Crippen LogP contribution is 2.17. The van der Waals surface area contributed by atoms with Crippen molar-refractivity contribution >= 4 is 21.8 Å². The molecule has 0 aliphatic carbocycles. The van der Waals surface area contributed by atoms with E-state index in [1.165, 1.54) is 0 Å². The van der Waals surface area contributed by atoms with Gasteiger partial charge in [0.15, 0.2) is 0 Å². The molecular formula is C14H17BrN2O. The van der Waals surface area contributed by atoms with Crippen molar-refractivity contribution in [2.24, 2.45) is 5.92 Å². The second kappa shape index (κ2) is 6.55. The lowest BCUT2D eigenvalue weighted by Gasteiger charge is -2.22. The molecule has 0 radical (unpaired) electrons. The molecule has 1 amide bonds. The minimum Gasteiger partial charge on any atom is -0.338 e. The zero-order valence-electron chi connectivity index (χ0n) is 10.9. The van der Waals surface area contributed by atoms with Gasteiger partial charge in [-0.25, -0.2) is 0 Å². The van der Waals surface area contributed by atoms with E-state index in [1.54, 1.807) is 4.90 Å². The van der Waals surface area contributed by atoms with Gasteiger partial charge in [-0.1, -0.05) is 15.9 Å². The molecule has 0 aliphatic rings. The molecule has 1 aromatic carbocycles. The highest BCUT2D eigenvalue weighted by molar-refractivity contribution is 9.10. The Balaban J connectivity index is 2.93. The maximum absolute atomic E-state index is 12.3. The molecule has 3 nitrogen and oxygen atoms in total. The molecule has 0 aromatic heterocycles. The molecule has 1 unspecified atom stereocenters. The molecule has 1 aromatic rings. The summed E-state index contributed by atoms with van der Waals surface area (Å²) in [5.74, 6) is -0.175. The van der Waals surface area contributed by atoms with E-state index in [2.05, 4.69) is 22.0 Å². The predicted octanol–water partition coefficient (Wildman–Crippen LogP) is 3.38. The number of carbonyl (C=O) groups is 1. The molecule has 0 fully saturated rings. The lowest BCUT2D eigenvalue weighted by Crippen LogP contribution is -2.34. The second-order valence-electron chi connectivity index (χ2n) is 4.39. The monoisotopic (exact) mass is 308 g/mol. The van der Waals surface area contributed by atoms with Crippen LogP contribution in [0.25, 0.3) is 0 Å². The summed E-state index contributed by atoms with van der Waals surface area (Å²) in [6, 6.07) is 7.80. The van der Waals surface area contributed by atoms with E-state index in [4.69, 9.17) is 5.26 Å². The Morgan fingerprint density at radius 2 is 2.17 bits per heavy atom. The fourth-order valence-corrected chi connectivity index (χ4v) is 2.38. The van der Waals surface area contributed by atoms with E-state index in [0.29, 0.717) is 18.7 Å². The molecule has 0 heterocycles. The van der Waals surface area contributed by atoms with E-state index < -0.39 is 0 Å². The third-order valence-electron chi connectivity index (χ3n) is 2.67. The van der Waals surface area contributed by atoms with Crippen LogP contribution in [-0.2, 0) is 0 Å². The summed E-state index contributed by atoms with van der Waals surface area (Å²) in [6.07, 6.45) is 0. The Morgan fingerprint density at radius 3 is 2.67 bits per heavy atom. The van der Waals surface area contributed by atoms with E-state index in [0.717, 1.165) is 10.0 Å². The maximum atomic E-state index is 12.3. The number of carbonyl (C=O) groups excluding carboxylic acids is 1. The van der Waals surface area contributed by atoms with Crippen LogP contribution in [0, 0.1) is 24.2 Å². The van der Waals surface area contributed by atoms with E-state index in [1.807, 2.05) is 39.0 Å². The Morgan fingerprint density at radius 1 is 1.50 bits per heavy atom. The fraction of sp³-hybridized carbons (Fsp3) is 0.429. The van der Waals surface area contributed by atoms with Gasteiger partial charge in [-0.3, -0.25) is 4.79 Å². The summed E-state index contributed by atoms with van der Waals surface area (Å²) < 4.78 is 0.898. The average Bonchev–Trinajstić information content (AvgIpc) is 2.33. The molecule has 1 atom stereocenters. The van der Waals surface area contributed by atoms with Crippen molar-refractivity contribution in [2.75, 3.05) is 13.1 Å². The Kier molecular flexibility index (Phi) is 5.36. The van der Waals surface area contributed by atoms with E-state index >= 15 is 0 Å². The zero-order chi connectivity index (χ0) is 13.7. The van der Waals surface area contributed by atoms with Gasteiger partial charge in [0.05, 0.1) is 12.0 Å². The number of halogens is 1. The summed E-state index contributed by atoms with van der Waals surface area (Å²) in [6.45, 7) is 6.78. The van der Waals surface area contributed by atoms with Gasteiger partial charge in [0.25, 0.3) is 5.91 Å². The van der Waals surface area contributed by atoms with Gasteiger partial charge < -0.3 is 4.90 Å². The first kappa shape index (κ1) is 14.7. The third kappa shape index (κ3) is 3.85. The lowest BCUT2D eigenvalue weighted by atomic mass is 10.1. The minimum atomic E-state index is -0.151. The van der Waals surface area contributed by atoms with Crippen LogP contribution in [0.15, 0.2) is 22.7 Å². The maximum Gasteiger partial charge on any atom is 0.253 e. The molecular weight excluding hydrogens is 292 g/mol. The molecule has 96 valence electrons. The molecule has 0 saturated carbocycles. The number of hydrogen-bond acceptors (Lipinski definition) is 2. The Bertz CT molecular complexity index is 459. The van der Waals surface area contributed by atoms with Gasteiger partial charge in [0.2, 0.25) is 0 Å². The average molecular weight is 309 g/mol. The summed E-state index contributed by atoms with van der Waals surface area (Å²) in [5.41, 5.74) is 1.70. The van der Waals surface area contributed by atoms with Crippen molar-refractivity contribution in [2.45, 2.75) is 20.8 Å². The van der Waals surface area contributed by atoms with Gasteiger partial charge in [0, 0.05) is 23.1 Å². The number of nitriles is 1. The summed E-state index contributed by atoms with van der Waals surface area (Å²) >= 11 is 3.39. The highest BCUT2D eigenvalue weighted by Gasteiger charge is 2.17. The number of hydrogen-bond donors (Lipinski definition) is 0. The van der Waals surface area contributed by atoms with Crippen LogP contribution in [0.1, 0.15) is 29.8 Å². The highest BCUT2D eigenvalue weighted by atomic mass is 79.9. The largest absolute Gasteiger partial charge is 0.338 e. The zero-order valence-corrected chi connectivity index (χ0v) is 12.5. The van der Waals surface area contributed by atoms with Crippen molar-refractivity contribution in [3.63, 3.8) is 0 Å². The Hall–Kier alpha value is -1.34. The first-order valence-corrected chi connectivity index (χ1v) is 6.73. The van der Waals surface area contributed by atoms with Gasteiger partial charge in [-0.15, -0.1) is 0 Å². The molecule has 0 bridgehead atoms. The molecule has 0 spiro atoms. The van der Waals surface area contributed by atoms with Crippen molar-refractivity contribution in [1.82, 2.24) is 4.90 Å². The van der Waals surface area contributed by atoms with Crippen LogP contribution in [-0.4, -0.2) is 23.9 Å². The summed E-state index contributed by atoms with van der Waals surface area (Å²) in [7, 11) is 0. The first-order valence-electron chi connectivity index (χ1n) is 5.94. The van der Waals surface area contributed by atoms with Gasteiger partial charge in [0.1, 0.15) is 0 Å². The van der Waals surface area contributed by atoms with Gasteiger partial charge >= 0.3 is 0 Å². The first-order chi connectivity index (χ1) is 8.47. The van der Waals surface area contributed by atoms with E-state index in [-0.39, 0.29) is 11.8 Å². The Labute approximate surface area is 117 Å². The minimum absolute atomic E-state index is 0.0241. The topological polar surface area (TPSA) is 44.1 Å². The van der Waals surface area contributed by atoms with Crippen molar-refractivity contribution in [1.29, 1.82) is 5.26 Å². The fourth-order valence-electron chi connectivity index (χ4n) is 1.77. The van der Waals surface area contributed by atoms with Crippen molar-refractivity contribution < 1.29 is 4.79 Å². The smallest absolute Gasteiger partial charge is 0.253 e. The predicted molar refractivity (Wildman–Crippen MR) is 75.2 cm³/mol.